The predicted octanol–water partition coefficient (Wildman–Crippen LogP) is 5.34. The van der Waals surface area contributed by atoms with Crippen LogP contribution in [0.3, 0.4) is 0 Å². The summed E-state index contributed by atoms with van der Waals surface area (Å²) in [6.07, 6.45) is 2.81. The van der Waals surface area contributed by atoms with Crippen molar-refractivity contribution in [3.63, 3.8) is 0 Å². The highest BCUT2D eigenvalue weighted by Crippen LogP contribution is 2.32. The molecule has 16 heteroatoms. The Morgan fingerprint density at radius 2 is 1.77 bits per heavy atom. The van der Waals surface area contributed by atoms with Gasteiger partial charge in [0.05, 0.1) is 12.2 Å². The number of aromatic nitrogens is 2. The number of likely N-dealkylation sites (tertiary alicyclic amines) is 1. The maximum absolute atomic E-state index is 14.6. The van der Waals surface area contributed by atoms with E-state index >= 15 is 0 Å². The normalized spacial score (nSPS) is 13.4. The van der Waals surface area contributed by atoms with Crippen molar-refractivity contribution < 1.29 is 46.9 Å². The highest BCUT2D eigenvalue weighted by atomic mass is 19.1. The summed E-state index contributed by atoms with van der Waals surface area (Å²) < 4.78 is 55.1. The molecule has 0 radical (unpaired) electrons. The van der Waals surface area contributed by atoms with Crippen molar-refractivity contribution in [2.75, 3.05) is 32.5 Å². The first kappa shape index (κ1) is 37.2. The summed E-state index contributed by atoms with van der Waals surface area (Å²) in [6, 6.07) is 8.90. The van der Waals surface area contributed by atoms with Crippen LogP contribution in [0, 0.1) is 17.5 Å². The number of allylic oxidation sites excluding steroid dienone is 1. The predicted molar refractivity (Wildman–Crippen MR) is 183 cm³/mol. The molecule has 1 aliphatic heterocycles. The number of benzene rings is 2. The number of rotatable bonds is 12. The molecule has 5 rings (SSSR count). The second-order valence-electron chi connectivity index (χ2n) is 12.2. The molecule has 274 valence electrons. The van der Waals surface area contributed by atoms with Crippen LogP contribution < -0.4 is 15.6 Å². The lowest BCUT2D eigenvalue weighted by molar-refractivity contribution is -0.125. The minimum Gasteiger partial charge on any atom is -0.486 e. The van der Waals surface area contributed by atoms with Gasteiger partial charge in [0.15, 0.2) is 6.10 Å². The molecule has 0 saturated carbocycles. The molecule has 0 spiro atoms. The number of halogens is 3. The van der Waals surface area contributed by atoms with Crippen molar-refractivity contribution in [1.82, 2.24) is 18.9 Å². The number of hydrogen-bond acceptors (Lipinski definition) is 7. The van der Waals surface area contributed by atoms with E-state index in [1.807, 2.05) is 0 Å². The van der Waals surface area contributed by atoms with Crippen LogP contribution in [-0.4, -0.2) is 81.3 Å². The van der Waals surface area contributed by atoms with Crippen LogP contribution in [0.5, 0.6) is 5.75 Å². The van der Waals surface area contributed by atoms with Crippen molar-refractivity contribution in [2.45, 2.75) is 44.9 Å². The Morgan fingerprint density at radius 3 is 2.46 bits per heavy atom. The number of pyridine rings is 1. The minimum atomic E-state index is -1.49. The number of anilines is 1. The molecule has 1 atom stereocenters. The molecule has 2 aromatic heterocycles. The number of fused-ring (bicyclic) bond motifs is 1. The van der Waals surface area contributed by atoms with Crippen LogP contribution in [-0.2, 0) is 27.5 Å². The molecule has 3 heterocycles. The molecule has 1 saturated heterocycles. The topological polar surface area (TPSA) is 152 Å². The van der Waals surface area contributed by atoms with Crippen LogP contribution in [0.4, 0.5) is 28.4 Å². The summed E-state index contributed by atoms with van der Waals surface area (Å²) in [4.78, 5) is 66.9. The van der Waals surface area contributed by atoms with E-state index in [-0.39, 0.29) is 58.9 Å². The van der Waals surface area contributed by atoms with Crippen LogP contribution in [0.1, 0.15) is 36.9 Å². The lowest BCUT2D eigenvalue weighted by atomic mass is 10.1. The van der Waals surface area contributed by atoms with Crippen LogP contribution in [0.15, 0.2) is 71.7 Å². The second-order valence-corrected chi connectivity index (χ2v) is 12.2. The molecule has 3 amide bonds. The zero-order chi connectivity index (χ0) is 37.5. The lowest BCUT2D eigenvalue weighted by Crippen LogP contribution is -2.37. The number of amides is 3. The largest absolute Gasteiger partial charge is 0.486 e. The van der Waals surface area contributed by atoms with Crippen LogP contribution in [0.2, 0.25) is 0 Å². The van der Waals surface area contributed by atoms with Gasteiger partial charge in [-0.2, -0.15) is 0 Å². The molecule has 0 aliphatic carbocycles. The van der Waals surface area contributed by atoms with E-state index in [1.54, 1.807) is 11.0 Å². The van der Waals surface area contributed by atoms with Gasteiger partial charge in [0, 0.05) is 56.5 Å². The highest BCUT2D eigenvalue weighted by Gasteiger charge is 2.26. The standard InChI is InChI=1S/C36H36F3N5O8/c1-41(2)36(50)52-29(9-3-4-10-31(45)42-13-5-6-14-42)33(46)40-28-8-7-15-43(34(28)47)20-26-17-23-16-25(38)19-30(32(23)44(26)35(48)49)51-21-22-11-12-24(37)18-27(22)39/h4,7-8,10-12,15-19,29H,3,5-6,9,13-14,20-21H2,1-2H3,(H,40,46)(H,48,49)/b10-4+. The Kier molecular flexibility index (Phi) is 11.7. The third kappa shape index (κ3) is 8.80. The maximum atomic E-state index is 14.6. The van der Waals surface area contributed by atoms with Crippen molar-refractivity contribution >= 4 is 40.6 Å². The molecule has 52 heavy (non-hydrogen) atoms. The zero-order valence-corrected chi connectivity index (χ0v) is 28.3. The van der Waals surface area contributed by atoms with Gasteiger partial charge in [0.25, 0.3) is 11.5 Å². The fourth-order valence-corrected chi connectivity index (χ4v) is 5.66. The molecule has 0 bridgehead atoms. The maximum Gasteiger partial charge on any atom is 0.416 e. The Balaban J connectivity index is 1.36. The number of carbonyl (C=O) groups is 4. The smallest absolute Gasteiger partial charge is 0.416 e. The van der Waals surface area contributed by atoms with Crippen molar-refractivity contribution in [3.05, 3.63) is 106 Å². The molecule has 1 aliphatic rings. The van der Waals surface area contributed by atoms with Gasteiger partial charge >= 0.3 is 12.2 Å². The third-order valence-corrected chi connectivity index (χ3v) is 8.28. The molecule has 1 fully saturated rings. The molecular weight excluding hydrogens is 687 g/mol. The molecular formula is C36H36F3N5O8. The summed E-state index contributed by atoms with van der Waals surface area (Å²) in [5.74, 6) is -3.69. The van der Waals surface area contributed by atoms with Crippen molar-refractivity contribution in [3.8, 4) is 5.75 Å². The number of ether oxygens (including phenoxy) is 2. The van der Waals surface area contributed by atoms with Gasteiger partial charge in [0.2, 0.25) is 5.91 Å². The van der Waals surface area contributed by atoms with Gasteiger partial charge in [0.1, 0.15) is 41.0 Å². The van der Waals surface area contributed by atoms with E-state index in [2.05, 4.69) is 5.32 Å². The van der Waals surface area contributed by atoms with Crippen LogP contribution in [0.25, 0.3) is 10.9 Å². The molecule has 2 N–H and O–H groups in total. The molecule has 1 unspecified atom stereocenters. The van der Waals surface area contributed by atoms with Gasteiger partial charge < -0.3 is 34.3 Å². The second kappa shape index (κ2) is 16.3. The number of nitrogens with zero attached hydrogens (tertiary/aromatic N) is 4. The Labute approximate surface area is 295 Å². The number of carboxylic acid groups (broad SMARTS) is 1. The summed E-state index contributed by atoms with van der Waals surface area (Å²) >= 11 is 0. The van der Waals surface area contributed by atoms with Crippen LogP contribution >= 0.6 is 0 Å². The average Bonchev–Trinajstić information content (AvgIpc) is 3.76. The van der Waals surface area contributed by atoms with E-state index < -0.39 is 53.8 Å². The fourth-order valence-electron chi connectivity index (χ4n) is 5.66. The third-order valence-electron chi connectivity index (χ3n) is 8.28. The Hall–Kier alpha value is -6.06. The molecule has 4 aromatic rings. The van der Waals surface area contributed by atoms with Crippen molar-refractivity contribution in [2.24, 2.45) is 0 Å². The first-order valence-corrected chi connectivity index (χ1v) is 16.3. The Bertz CT molecular complexity index is 2090. The highest BCUT2D eigenvalue weighted by molar-refractivity contribution is 5.96. The van der Waals surface area contributed by atoms with Gasteiger partial charge in [-0.05, 0) is 68.2 Å². The monoisotopic (exact) mass is 723 g/mol. The Morgan fingerprint density at radius 1 is 1.02 bits per heavy atom. The van der Waals surface area contributed by atoms with E-state index in [1.165, 1.54) is 44.6 Å². The van der Waals surface area contributed by atoms with E-state index in [0.29, 0.717) is 19.2 Å². The first-order valence-electron chi connectivity index (χ1n) is 16.3. The number of nitrogens with one attached hydrogen (secondary N) is 1. The first-order chi connectivity index (χ1) is 24.8. The van der Waals surface area contributed by atoms with Crippen molar-refractivity contribution in [1.29, 1.82) is 0 Å². The number of hydrogen-bond donors (Lipinski definition) is 2. The van der Waals surface area contributed by atoms with Gasteiger partial charge in [-0.15, -0.1) is 0 Å². The molecule has 2 aromatic carbocycles. The lowest BCUT2D eigenvalue weighted by Gasteiger charge is -2.20. The SMILES string of the molecule is CN(C)C(=O)OC(CC/C=C/C(=O)N1CCCC1)C(=O)Nc1cccn(Cc2cc3cc(F)cc(OCc4ccc(F)cc4F)c3n2C(=O)O)c1=O. The van der Waals surface area contributed by atoms with E-state index in [4.69, 9.17) is 9.47 Å². The van der Waals surface area contributed by atoms with E-state index in [9.17, 15) is 42.3 Å². The fraction of sp³-hybridized carbons (Fsp3) is 0.306. The molecule has 13 nitrogen and oxygen atoms in total. The summed E-state index contributed by atoms with van der Waals surface area (Å²) in [7, 11) is 2.88. The number of carbonyl (C=O) groups excluding carboxylic acids is 3. The minimum absolute atomic E-state index is 0.00367. The van der Waals surface area contributed by atoms with Gasteiger partial charge in [-0.25, -0.2) is 27.3 Å². The van der Waals surface area contributed by atoms with Gasteiger partial charge in [-0.3, -0.25) is 14.4 Å². The van der Waals surface area contributed by atoms with E-state index in [0.717, 1.165) is 51.1 Å². The quantitative estimate of drug-likeness (QED) is 0.186. The average molecular weight is 724 g/mol. The summed E-state index contributed by atoms with van der Waals surface area (Å²) in [5.41, 5.74) is -1.05. The summed E-state index contributed by atoms with van der Waals surface area (Å²) in [6.45, 7) is 0.532. The summed E-state index contributed by atoms with van der Waals surface area (Å²) in [5, 5.41) is 12.8. The zero-order valence-electron chi connectivity index (χ0n) is 28.3. The van der Waals surface area contributed by atoms with Gasteiger partial charge in [-0.1, -0.05) is 6.08 Å².